The zero-order chi connectivity index (χ0) is 22.0. The van der Waals surface area contributed by atoms with E-state index < -0.39 is 0 Å². The SMILES string of the molecule is COc1cc2c(c(C)c1OC)c(=O)n(C1CCCO1)c1c3cc4c(cc3nnc21)OCO4. The van der Waals surface area contributed by atoms with Gasteiger partial charge in [0.25, 0.3) is 5.56 Å². The van der Waals surface area contributed by atoms with E-state index >= 15 is 0 Å². The van der Waals surface area contributed by atoms with Crippen molar-refractivity contribution in [3.8, 4) is 23.0 Å². The van der Waals surface area contributed by atoms with E-state index in [4.69, 9.17) is 23.7 Å². The van der Waals surface area contributed by atoms with Crippen LogP contribution < -0.4 is 24.5 Å². The standard InChI is InChI=1S/C23H21N3O6/c1-11-19-13(8-17(28-2)22(11)29-3)20-21(26(23(19)27)18-5-4-6-30-18)12-7-15-16(32-10-31-15)9-14(12)24-25-20/h7-9,18H,4-6,10H2,1-3H3. The molecule has 9 heteroatoms. The van der Waals surface area contributed by atoms with Gasteiger partial charge in [-0.1, -0.05) is 0 Å². The Kier molecular flexibility index (Phi) is 4.16. The molecule has 0 saturated carbocycles. The normalized spacial score (nSPS) is 17.5. The van der Waals surface area contributed by atoms with E-state index in [1.165, 1.54) is 0 Å². The Balaban J connectivity index is 1.85. The van der Waals surface area contributed by atoms with E-state index in [1.807, 2.05) is 13.0 Å². The quantitative estimate of drug-likeness (QED) is 0.452. The number of rotatable bonds is 3. The van der Waals surface area contributed by atoms with Gasteiger partial charge in [0.15, 0.2) is 23.0 Å². The number of nitrogens with zero attached hydrogens (tertiary/aromatic N) is 3. The average molecular weight is 435 g/mol. The predicted octanol–water partition coefficient (Wildman–Crippen LogP) is 3.46. The van der Waals surface area contributed by atoms with Crippen molar-refractivity contribution in [2.24, 2.45) is 0 Å². The maximum absolute atomic E-state index is 14.0. The van der Waals surface area contributed by atoms with Crippen LogP contribution in [-0.2, 0) is 4.74 Å². The lowest BCUT2D eigenvalue weighted by atomic mass is 10.0. The number of ether oxygens (including phenoxy) is 5. The second-order valence-corrected chi connectivity index (χ2v) is 7.92. The highest BCUT2D eigenvalue weighted by Crippen LogP contribution is 2.42. The molecule has 0 bridgehead atoms. The summed E-state index contributed by atoms with van der Waals surface area (Å²) in [6.07, 6.45) is 1.23. The maximum Gasteiger partial charge on any atom is 0.261 e. The van der Waals surface area contributed by atoms with E-state index in [9.17, 15) is 4.79 Å². The summed E-state index contributed by atoms with van der Waals surface area (Å²) in [6, 6.07) is 5.44. The number of aryl methyl sites for hydroxylation is 1. The molecule has 164 valence electrons. The fourth-order valence-corrected chi connectivity index (χ4v) is 4.81. The van der Waals surface area contributed by atoms with Crippen molar-refractivity contribution in [1.29, 1.82) is 0 Å². The minimum atomic E-state index is -0.389. The van der Waals surface area contributed by atoms with Gasteiger partial charge >= 0.3 is 0 Å². The molecule has 1 fully saturated rings. The van der Waals surface area contributed by atoms with Crippen molar-refractivity contribution in [1.82, 2.24) is 14.8 Å². The highest BCUT2D eigenvalue weighted by atomic mass is 16.7. The lowest BCUT2D eigenvalue weighted by Crippen LogP contribution is -2.26. The Bertz CT molecular complexity index is 1470. The number of hydrogen-bond acceptors (Lipinski definition) is 8. The van der Waals surface area contributed by atoms with Crippen molar-refractivity contribution in [2.45, 2.75) is 26.0 Å². The monoisotopic (exact) mass is 435 g/mol. The molecule has 2 aromatic heterocycles. The molecule has 4 heterocycles. The highest BCUT2D eigenvalue weighted by molar-refractivity contribution is 6.13. The van der Waals surface area contributed by atoms with Gasteiger partial charge in [0, 0.05) is 29.0 Å². The third-order valence-electron chi connectivity index (χ3n) is 6.26. The average Bonchev–Trinajstić information content (AvgIpc) is 3.49. The molecule has 0 amide bonds. The first-order valence-corrected chi connectivity index (χ1v) is 10.4. The van der Waals surface area contributed by atoms with Crippen LogP contribution in [0.2, 0.25) is 0 Å². The van der Waals surface area contributed by atoms with Gasteiger partial charge < -0.3 is 23.7 Å². The van der Waals surface area contributed by atoms with Crippen LogP contribution in [0.1, 0.15) is 24.6 Å². The van der Waals surface area contributed by atoms with Crippen molar-refractivity contribution in [3.05, 3.63) is 34.1 Å². The molecule has 6 rings (SSSR count). The van der Waals surface area contributed by atoms with Crippen LogP contribution in [0, 0.1) is 6.92 Å². The summed E-state index contributed by atoms with van der Waals surface area (Å²) >= 11 is 0. The second kappa shape index (κ2) is 6.96. The first-order valence-electron chi connectivity index (χ1n) is 10.4. The molecule has 0 N–H and O–H groups in total. The largest absolute Gasteiger partial charge is 0.493 e. The van der Waals surface area contributed by atoms with Crippen molar-refractivity contribution in [2.75, 3.05) is 27.6 Å². The minimum absolute atomic E-state index is 0.147. The Labute approximate surface area is 182 Å². The van der Waals surface area contributed by atoms with E-state index in [-0.39, 0.29) is 18.6 Å². The van der Waals surface area contributed by atoms with E-state index in [0.29, 0.717) is 62.5 Å². The molecule has 0 spiro atoms. The number of benzene rings is 2. The first kappa shape index (κ1) is 19.1. The van der Waals surface area contributed by atoms with Crippen molar-refractivity contribution < 1.29 is 23.7 Å². The van der Waals surface area contributed by atoms with Gasteiger partial charge in [-0.25, -0.2) is 0 Å². The smallest absolute Gasteiger partial charge is 0.261 e. The zero-order valence-electron chi connectivity index (χ0n) is 17.9. The first-order chi connectivity index (χ1) is 15.6. The summed E-state index contributed by atoms with van der Waals surface area (Å²) in [5.74, 6) is 2.27. The van der Waals surface area contributed by atoms with Crippen LogP contribution in [0.5, 0.6) is 23.0 Å². The number of pyridine rings is 1. The fourth-order valence-electron chi connectivity index (χ4n) is 4.81. The molecule has 9 nitrogen and oxygen atoms in total. The van der Waals surface area contributed by atoms with Crippen LogP contribution in [-0.4, -0.2) is 42.4 Å². The van der Waals surface area contributed by atoms with Crippen molar-refractivity contribution >= 4 is 32.7 Å². The summed E-state index contributed by atoms with van der Waals surface area (Å²) in [7, 11) is 3.13. The van der Waals surface area contributed by atoms with Crippen LogP contribution in [0.4, 0.5) is 0 Å². The molecule has 0 aliphatic carbocycles. The minimum Gasteiger partial charge on any atom is -0.493 e. The fraction of sp³-hybridized carbons (Fsp3) is 0.348. The number of aromatic nitrogens is 3. The van der Waals surface area contributed by atoms with E-state index in [1.54, 1.807) is 30.9 Å². The Morgan fingerprint density at radius 3 is 2.59 bits per heavy atom. The van der Waals surface area contributed by atoms with Gasteiger partial charge in [0.1, 0.15) is 11.7 Å². The lowest BCUT2D eigenvalue weighted by molar-refractivity contribution is 0.0579. The number of hydrogen-bond donors (Lipinski definition) is 0. The highest BCUT2D eigenvalue weighted by Gasteiger charge is 2.28. The lowest BCUT2D eigenvalue weighted by Gasteiger charge is -2.21. The van der Waals surface area contributed by atoms with Gasteiger partial charge in [0.05, 0.1) is 30.6 Å². The third-order valence-corrected chi connectivity index (χ3v) is 6.26. The summed E-state index contributed by atoms with van der Waals surface area (Å²) in [5, 5.41) is 10.9. The molecule has 2 aliphatic heterocycles. The Morgan fingerprint density at radius 1 is 1.06 bits per heavy atom. The Morgan fingerprint density at radius 2 is 1.88 bits per heavy atom. The summed E-state index contributed by atoms with van der Waals surface area (Å²) in [5.41, 5.74) is 2.39. The topological polar surface area (TPSA) is 93.9 Å². The van der Waals surface area contributed by atoms with Crippen LogP contribution >= 0.6 is 0 Å². The third kappa shape index (κ3) is 2.51. The summed E-state index contributed by atoms with van der Waals surface area (Å²) in [4.78, 5) is 14.0. The predicted molar refractivity (Wildman–Crippen MR) is 117 cm³/mol. The van der Waals surface area contributed by atoms with Gasteiger partial charge in [-0.3, -0.25) is 9.36 Å². The van der Waals surface area contributed by atoms with Gasteiger partial charge in [-0.15, -0.1) is 10.2 Å². The van der Waals surface area contributed by atoms with Crippen LogP contribution in [0.25, 0.3) is 32.7 Å². The van der Waals surface area contributed by atoms with Gasteiger partial charge in [-0.2, -0.15) is 0 Å². The molecular weight excluding hydrogens is 414 g/mol. The van der Waals surface area contributed by atoms with Crippen molar-refractivity contribution in [3.63, 3.8) is 0 Å². The molecule has 4 aromatic rings. The summed E-state index contributed by atoms with van der Waals surface area (Å²) < 4.78 is 29.9. The molecule has 1 atom stereocenters. The molecule has 2 aromatic carbocycles. The summed E-state index contributed by atoms with van der Waals surface area (Å²) in [6.45, 7) is 2.60. The molecule has 0 radical (unpaired) electrons. The Hall–Kier alpha value is -3.59. The van der Waals surface area contributed by atoms with Crippen LogP contribution in [0.3, 0.4) is 0 Å². The number of methoxy groups -OCH3 is 2. The molecular formula is C23H21N3O6. The van der Waals surface area contributed by atoms with Crippen LogP contribution in [0.15, 0.2) is 23.0 Å². The van der Waals surface area contributed by atoms with Gasteiger partial charge in [0.2, 0.25) is 6.79 Å². The van der Waals surface area contributed by atoms with E-state index in [0.717, 1.165) is 18.2 Å². The molecule has 1 unspecified atom stereocenters. The number of fused-ring (bicyclic) bond motifs is 6. The van der Waals surface area contributed by atoms with E-state index in [2.05, 4.69) is 10.2 Å². The second-order valence-electron chi connectivity index (χ2n) is 7.92. The van der Waals surface area contributed by atoms with Gasteiger partial charge in [-0.05, 0) is 31.9 Å². The molecule has 2 aliphatic rings. The molecule has 32 heavy (non-hydrogen) atoms. The zero-order valence-corrected chi connectivity index (χ0v) is 17.9. The molecule has 1 saturated heterocycles. The maximum atomic E-state index is 14.0.